The molecule has 1 amide bonds. The van der Waals surface area contributed by atoms with Crippen LogP contribution in [0.1, 0.15) is 34.6 Å². The molecule has 0 heterocycles. The van der Waals surface area contributed by atoms with E-state index in [0.29, 0.717) is 12.2 Å². The lowest BCUT2D eigenvalue weighted by molar-refractivity contribution is -0.110. The van der Waals surface area contributed by atoms with E-state index in [1.807, 2.05) is 13.8 Å². The van der Waals surface area contributed by atoms with Gasteiger partial charge in [-0.2, -0.15) is 0 Å². The molecule has 0 saturated carbocycles. The second-order valence-corrected chi connectivity index (χ2v) is 5.22. The highest BCUT2D eigenvalue weighted by Gasteiger charge is 2.01. The molecule has 0 aliphatic heterocycles. The number of benzene rings is 1. The number of ether oxygens (including phenoxy) is 1. The van der Waals surface area contributed by atoms with Gasteiger partial charge in [-0.05, 0) is 18.1 Å². The van der Waals surface area contributed by atoms with Crippen LogP contribution in [0.5, 0.6) is 5.75 Å². The van der Waals surface area contributed by atoms with Gasteiger partial charge in [-0.3, -0.25) is 4.79 Å². The van der Waals surface area contributed by atoms with Gasteiger partial charge in [0.2, 0.25) is 6.41 Å². The second kappa shape index (κ2) is 13.1. The first-order valence-electron chi connectivity index (χ1n) is 6.77. The number of hydrogen-bond donors (Lipinski definition) is 1. The Kier molecular flexibility index (Phi) is 13.3. The topological polar surface area (TPSA) is 55.4 Å². The van der Waals surface area contributed by atoms with Crippen molar-refractivity contribution in [3.63, 3.8) is 0 Å². The third kappa shape index (κ3) is 14.3. The fraction of sp³-hybridized carbons (Fsp3) is 0.500. The molecule has 4 nitrogen and oxygen atoms in total. The van der Waals surface area contributed by atoms with Crippen molar-refractivity contribution in [3.05, 3.63) is 24.0 Å². The molecule has 1 aromatic rings. The average molecular weight is 299 g/mol. The van der Waals surface area contributed by atoms with E-state index in [0.717, 1.165) is 12.2 Å². The molecular formula is C16H26FNO3. The van der Waals surface area contributed by atoms with E-state index in [-0.39, 0.29) is 11.6 Å². The molecule has 1 N–H and O–H groups in total. The highest BCUT2D eigenvalue weighted by atomic mass is 19.1. The van der Waals surface area contributed by atoms with Crippen LogP contribution in [0, 0.1) is 17.7 Å². The number of amides is 1. The number of aldehydes is 1. The van der Waals surface area contributed by atoms with Crippen LogP contribution in [0.15, 0.2) is 18.2 Å². The minimum atomic E-state index is -0.483. The fourth-order valence-corrected chi connectivity index (χ4v) is 0.805. The zero-order chi connectivity index (χ0) is 16.8. The maximum atomic E-state index is 12.8. The van der Waals surface area contributed by atoms with Crippen molar-refractivity contribution in [2.45, 2.75) is 34.6 Å². The zero-order valence-corrected chi connectivity index (χ0v) is 13.6. The van der Waals surface area contributed by atoms with Crippen LogP contribution in [-0.4, -0.2) is 19.8 Å². The molecule has 0 atom stereocenters. The number of methoxy groups -OCH3 is 1. The lowest BCUT2D eigenvalue weighted by Gasteiger charge is -2.03. The molecule has 120 valence electrons. The summed E-state index contributed by atoms with van der Waals surface area (Å²) in [6.45, 7) is 10.2. The molecule has 0 fully saturated rings. The minimum Gasteiger partial charge on any atom is -0.497 e. The lowest BCUT2D eigenvalue weighted by Crippen LogP contribution is -1.97. The van der Waals surface area contributed by atoms with Crippen LogP contribution in [0.2, 0.25) is 0 Å². The van der Waals surface area contributed by atoms with Crippen molar-refractivity contribution in [3.8, 4) is 5.75 Å². The fourth-order valence-electron chi connectivity index (χ4n) is 0.805. The molecule has 0 saturated heterocycles. The number of hydrogen-bond acceptors (Lipinski definition) is 3. The quantitative estimate of drug-likeness (QED) is 0.858. The average Bonchev–Trinajstić information content (AvgIpc) is 2.41. The molecule has 0 unspecified atom stereocenters. The van der Waals surface area contributed by atoms with Gasteiger partial charge in [0.05, 0.1) is 12.8 Å². The first kappa shape index (κ1) is 21.4. The predicted octanol–water partition coefficient (Wildman–Crippen LogP) is 3.91. The molecule has 0 aliphatic carbocycles. The number of anilines is 1. The van der Waals surface area contributed by atoms with Crippen molar-refractivity contribution in [2.24, 2.45) is 11.8 Å². The van der Waals surface area contributed by atoms with Gasteiger partial charge in [0.25, 0.3) is 0 Å². The van der Waals surface area contributed by atoms with Crippen molar-refractivity contribution in [1.82, 2.24) is 0 Å². The molecule has 0 bridgehead atoms. The third-order valence-corrected chi connectivity index (χ3v) is 1.66. The van der Waals surface area contributed by atoms with Crippen LogP contribution >= 0.6 is 0 Å². The summed E-state index contributed by atoms with van der Waals surface area (Å²) >= 11 is 0. The Hall–Kier alpha value is -1.91. The number of halogens is 1. The smallest absolute Gasteiger partial charge is 0.211 e. The standard InChI is InChI=1S/C8H8FNO2.C4H8O.C4H10/c1-12-6-2-3-7(9)8(4-6)10-5-11;1-4(2)3-5;1-4(2)3/h2-5H,1H3,(H,10,11);3-4H,1-2H3;4H,1-3H3. The minimum absolute atomic E-state index is 0.115. The Morgan fingerprint density at radius 2 is 1.62 bits per heavy atom. The molecule has 0 aliphatic rings. The molecule has 1 aromatic carbocycles. The summed E-state index contributed by atoms with van der Waals surface area (Å²) in [7, 11) is 1.47. The first-order valence-corrected chi connectivity index (χ1v) is 6.77. The number of carbonyl (C=O) groups is 2. The summed E-state index contributed by atoms with van der Waals surface area (Å²) in [4.78, 5) is 19.5. The van der Waals surface area contributed by atoms with Crippen molar-refractivity contribution in [1.29, 1.82) is 0 Å². The number of rotatable bonds is 4. The van der Waals surface area contributed by atoms with Crippen LogP contribution in [0.4, 0.5) is 10.1 Å². The van der Waals surface area contributed by atoms with E-state index < -0.39 is 5.82 Å². The van der Waals surface area contributed by atoms with E-state index in [1.165, 1.54) is 25.3 Å². The largest absolute Gasteiger partial charge is 0.497 e. The predicted molar refractivity (Wildman–Crippen MR) is 84.1 cm³/mol. The Labute approximate surface area is 126 Å². The van der Waals surface area contributed by atoms with E-state index >= 15 is 0 Å². The zero-order valence-electron chi connectivity index (χ0n) is 13.6. The Bertz CT molecular complexity index is 404. The monoisotopic (exact) mass is 299 g/mol. The van der Waals surface area contributed by atoms with Gasteiger partial charge in [0.15, 0.2) is 0 Å². The van der Waals surface area contributed by atoms with Crippen LogP contribution in [0.3, 0.4) is 0 Å². The third-order valence-electron chi connectivity index (χ3n) is 1.66. The van der Waals surface area contributed by atoms with Crippen molar-refractivity contribution in [2.75, 3.05) is 12.4 Å². The second-order valence-electron chi connectivity index (χ2n) is 5.22. The van der Waals surface area contributed by atoms with Gasteiger partial charge in [-0.1, -0.05) is 34.6 Å². The normalized spacial score (nSPS) is 9.00. The van der Waals surface area contributed by atoms with Crippen LogP contribution < -0.4 is 10.1 Å². The highest BCUT2D eigenvalue weighted by Crippen LogP contribution is 2.20. The van der Waals surface area contributed by atoms with Crippen LogP contribution in [-0.2, 0) is 9.59 Å². The Morgan fingerprint density at radius 1 is 1.14 bits per heavy atom. The van der Waals surface area contributed by atoms with Crippen LogP contribution in [0.25, 0.3) is 0 Å². The SMILES string of the molecule is CC(C)C.CC(C)C=O.COc1ccc(F)c(NC=O)c1. The summed E-state index contributed by atoms with van der Waals surface area (Å²) in [6.07, 6.45) is 1.33. The first-order chi connectivity index (χ1) is 9.78. The Balaban J connectivity index is 0. The van der Waals surface area contributed by atoms with Gasteiger partial charge in [-0.15, -0.1) is 0 Å². The maximum absolute atomic E-state index is 12.8. The molecule has 1 rings (SSSR count). The molecule has 21 heavy (non-hydrogen) atoms. The molecular weight excluding hydrogens is 273 g/mol. The van der Waals surface area contributed by atoms with Crippen molar-refractivity contribution >= 4 is 18.4 Å². The van der Waals surface area contributed by atoms with E-state index in [9.17, 15) is 14.0 Å². The molecule has 0 aromatic heterocycles. The summed E-state index contributed by atoms with van der Waals surface area (Å²) < 4.78 is 17.6. The summed E-state index contributed by atoms with van der Waals surface area (Å²) in [5.41, 5.74) is 0.115. The highest BCUT2D eigenvalue weighted by molar-refractivity contribution is 5.72. The van der Waals surface area contributed by atoms with Gasteiger partial charge in [0.1, 0.15) is 17.9 Å². The van der Waals surface area contributed by atoms with E-state index in [1.54, 1.807) is 0 Å². The van der Waals surface area contributed by atoms with Gasteiger partial charge in [-0.25, -0.2) is 4.39 Å². The van der Waals surface area contributed by atoms with E-state index in [2.05, 4.69) is 26.1 Å². The summed E-state index contributed by atoms with van der Waals surface area (Å²) in [5.74, 6) is 1.05. The maximum Gasteiger partial charge on any atom is 0.211 e. The van der Waals surface area contributed by atoms with Gasteiger partial charge >= 0.3 is 0 Å². The lowest BCUT2D eigenvalue weighted by atomic mass is 10.3. The van der Waals surface area contributed by atoms with Crippen molar-refractivity contribution < 1.29 is 18.7 Å². The van der Waals surface area contributed by atoms with Gasteiger partial charge in [0, 0.05) is 12.0 Å². The molecule has 0 radical (unpaired) electrons. The Morgan fingerprint density at radius 3 is 1.95 bits per heavy atom. The molecule has 5 heteroatoms. The van der Waals surface area contributed by atoms with E-state index in [4.69, 9.17) is 4.74 Å². The summed E-state index contributed by atoms with van der Waals surface area (Å²) in [6, 6.07) is 4.11. The molecule has 0 spiro atoms. The number of carbonyl (C=O) groups excluding carboxylic acids is 2. The number of nitrogens with one attached hydrogen (secondary N) is 1. The van der Waals surface area contributed by atoms with Gasteiger partial charge < -0.3 is 14.8 Å². The summed E-state index contributed by atoms with van der Waals surface area (Å²) in [5, 5.41) is 2.21.